The monoisotopic (exact) mass is 168 g/mol. The van der Waals surface area contributed by atoms with Gasteiger partial charge >= 0.3 is 0 Å². The molecule has 0 amide bonds. The third kappa shape index (κ3) is 2.58. The lowest BCUT2D eigenvalue weighted by atomic mass is 10.1. The van der Waals surface area contributed by atoms with Crippen LogP contribution in [-0.4, -0.2) is 0 Å². The third-order valence-electron chi connectivity index (χ3n) is 1.29. The van der Waals surface area contributed by atoms with E-state index in [0.29, 0.717) is 12.1 Å². The third-order valence-corrected chi connectivity index (χ3v) is 1.29. The molecule has 2 N–H and O–H groups in total. The number of halogens is 1. The second kappa shape index (κ2) is 4.73. The summed E-state index contributed by atoms with van der Waals surface area (Å²) < 4.78 is 0. The predicted octanol–water partition coefficient (Wildman–Crippen LogP) is 1.44. The van der Waals surface area contributed by atoms with Crippen LogP contribution in [0.5, 0.6) is 0 Å². The van der Waals surface area contributed by atoms with Gasteiger partial charge < -0.3 is 5.73 Å². The van der Waals surface area contributed by atoms with E-state index in [1.165, 1.54) is 0 Å². The maximum Gasteiger partial charge on any atom is 0.0991 e. The van der Waals surface area contributed by atoms with Crippen molar-refractivity contribution in [3.63, 3.8) is 0 Å². The first-order valence-corrected chi connectivity index (χ1v) is 3.06. The van der Waals surface area contributed by atoms with Crippen LogP contribution in [0.25, 0.3) is 0 Å². The minimum atomic E-state index is 0. The summed E-state index contributed by atoms with van der Waals surface area (Å²) in [4.78, 5) is 0. The Morgan fingerprint density at radius 3 is 2.73 bits per heavy atom. The molecule has 0 saturated heterocycles. The van der Waals surface area contributed by atoms with Crippen molar-refractivity contribution in [1.29, 1.82) is 5.26 Å². The Balaban J connectivity index is 0.000001000. The van der Waals surface area contributed by atoms with Crippen molar-refractivity contribution in [2.45, 2.75) is 6.54 Å². The SMILES string of the molecule is Cl.N#Cc1cccc(CN)c1. The van der Waals surface area contributed by atoms with Crippen molar-refractivity contribution in [3.05, 3.63) is 35.4 Å². The van der Waals surface area contributed by atoms with E-state index in [1.807, 2.05) is 18.2 Å². The Kier molecular flexibility index (Phi) is 4.28. The normalized spacial score (nSPS) is 8.00. The molecule has 0 unspecified atom stereocenters. The molecule has 0 bridgehead atoms. The van der Waals surface area contributed by atoms with Crippen LogP contribution in [0.3, 0.4) is 0 Å². The molecule has 0 aromatic heterocycles. The molecule has 0 aliphatic rings. The molecule has 0 fully saturated rings. The van der Waals surface area contributed by atoms with Gasteiger partial charge in [0.2, 0.25) is 0 Å². The van der Waals surface area contributed by atoms with Crippen molar-refractivity contribution in [2.24, 2.45) is 5.73 Å². The second-order valence-corrected chi connectivity index (χ2v) is 2.02. The first-order chi connectivity index (χ1) is 4.86. The van der Waals surface area contributed by atoms with Crippen LogP contribution in [0.2, 0.25) is 0 Å². The lowest BCUT2D eigenvalue weighted by Gasteiger charge is -1.93. The van der Waals surface area contributed by atoms with Gasteiger partial charge in [0.15, 0.2) is 0 Å². The number of rotatable bonds is 1. The Bertz CT molecular complexity index is 265. The summed E-state index contributed by atoms with van der Waals surface area (Å²) in [6, 6.07) is 9.34. The number of hydrogen-bond donors (Lipinski definition) is 1. The zero-order chi connectivity index (χ0) is 7.40. The number of nitriles is 1. The summed E-state index contributed by atoms with van der Waals surface area (Å²) in [5.41, 5.74) is 7.03. The fourth-order valence-electron chi connectivity index (χ4n) is 0.768. The van der Waals surface area contributed by atoms with E-state index in [1.54, 1.807) is 12.1 Å². The molecule has 1 aromatic rings. The second-order valence-electron chi connectivity index (χ2n) is 2.02. The van der Waals surface area contributed by atoms with Gasteiger partial charge in [-0.05, 0) is 17.7 Å². The van der Waals surface area contributed by atoms with Crippen molar-refractivity contribution in [2.75, 3.05) is 0 Å². The zero-order valence-electron chi connectivity index (χ0n) is 5.95. The highest BCUT2D eigenvalue weighted by molar-refractivity contribution is 5.85. The van der Waals surface area contributed by atoms with Crippen molar-refractivity contribution >= 4 is 12.4 Å². The van der Waals surface area contributed by atoms with Crippen LogP contribution < -0.4 is 5.73 Å². The highest BCUT2D eigenvalue weighted by Gasteiger charge is 1.90. The molecule has 0 saturated carbocycles. The Morgan fingerprint density at radius 1 is 1.45 bits per heavy atom. The van der Waals surface area contributed by atoms with Crippen LogP contribution in [-0.2, 0) is 6.54 Å². The van der Waals surface area contributed by atoms with E-state index < -0.39 is 0 Å². The Labute approximate surface area is 72.0 Å². The quantitative estimate of drug-likeness (QED) is 0.690. The molecule has 3 heteroatoms. The molecular weight excluding hydrogens is 160 g/mol. The van der Waals surface area contributed by atoms with Gasteiger partial charge in [-0.2, -0.15) is 5.26 Å². The highest BCUT2D eigenvalue weighted by atomic mass is 35.5. The van der Waals surface area contributed by atoms with E-state index in [4.69, 9.17) is 11.0 Å². The van der Waals surface area contributed by atoms with Gasteiger partial charge in [0.1, 0.15) is 0 Å². The minimum absolute atomic E-state index is 0. The van der Waals surface area contributed by atoms with Crippen LogP contribution in [0.15, 0.2) is 24.3 Å². The first-order valence-electron chi connectivity index (χ1n) is 3.06. The minimum Gasteiger partial charge on any atom is -0.326 e. The molecule has 0 aliphatic carbocycles. The highest BCUT2D eigenvalue weighted by Crippen LogP contribution is 2.01. The summed E-state index contributed by atoms with van der Waals surface area (Å²) >= 11 is 0. The maximum absolute atomic E-state index is 8.47. The lowest BCUT2D eigenvalue weighted by Crippen LogP contribution is -1.95. The van der Waals surface area contributed by atoms with Gasteiger partial charge in [-0.3, -0.25) is 0 Å². The van der Waals surface area contributed by atoms with Crippen LogP contribution >= 0.6 is 12.4 Å². The molecule has 2 nitrogen and oxygen atoms in total. The lowest BCUT2D eigenvalue weighted by molar-refractivity contribution is 1.07. The maximum atomic E-state index is 8.47. The van der Waals surface area contributed by atoms with E-state index in [9.17, 15) is 0 Å². The van der Waals surface area contributed by atoms with Crippen molar-refractivity contribution < 1.29 is 0 Å². The average molecular weight is 169 g/mol. The van der Waals surface area contributed by atoms with E-state index in [0.717, 1.165) is 5.56 Å². The first kappa shape index (κ1) is 9.96. The fraction of sp³-hybridized carbons (Fsp3) is 0.125. The van der Waals surface area contributed by atoms with E-state index >= 15 is 0 Å². The molecule has 1 aromatic carbocycles. The number of nitrogens with two attached hydrogens (primary N) is 1. The summed E-state index contributed by atoms with van der Waals surface area (Å²) in [5, 5.41) is 8.47. The number of hydrogen-bond acceptors (Lipinski definition) is 2. The number of benzene rings is 1. The summed E-state index contributed by atoms with van der Waals surface area (Å²) in [6.07, 6.45) is 0. The molecule has 0 atom stereocenters. The van der Waals surface area contributed by atoms with Crippen LogP contribution in [0.4, 0.5) is 0 Å². The van der Waals surface area contributed by atoms with Crippen molar-refractivity contribution in [3.8, 4) is 6.07 Å². The number of nitrogens with zero attached hydrogens (tertiary/aromatic N) is 1. The summed E-state index contributed by atoms with van der Waals surface area (Å²) in [7, 11) is 0. The van der Waals surface area contributed by atoms with E-state index in [2.05, 4.69) is 0 Å². The van der Waals surface area contributed by atoms with Crippen LogP contribution in [0, 0.1) is 11.3 Å². The largest absolute Gasteiger partial charge is 0.326 e. The van der Waals surface area contributed by atoms with Gasteiger partial charge in [-0.25, -0.2) is 0 Å². The van der Waals surface area contributed by atoms with Gasteiger partial charge in [0.25, 0.3) is 0 Å². The molecule has 0 aliphatic heterocycles. The van der Waals surface area contributed by atoms with Gasteiger partial charge in [0.05, 0.1) is 11.6 Å². The van der Waals surface area contributed by atoms with E-state index in [-0.39, 0.29) is 12.4 Å². The molecule has 0 heterocycles. The summed E-state index contributed by atoms with van der Waals surface area (Å²) in [5.74, 6) is 0. The van der Waals surface area contributed by atoms with Gasteiger partial charge in [0, 0.05) is 6.54 Å². The molecule has 0 spiro atoms. The molecule has 58 valence electrons. The topological polar surface area (TPSA) is 49.8 Å². The molecule has 11 heavy (non-hydrogen) atoms. The standard InChI is InChI=1S/C8H8N2.ClH/c9-5-7-2-1-3-8(4-7)6-10;/h1-4H,5,9H2;1H. The predicted molar refractivity (Wildman–Crippen MR) is 46.3 cm³/mol. The summed E-state index contributed by atoms with van der Waals surface area (Å²) in [6.45, 7) is 0.496. The Hall–Kier alpha value is -1.04. The Morgan fingerprint density at radius 2 is 2.18 bits per heavy atom. The fourth-order valence-corrected chi connectivity index (χ4v) is 0.768. The van der Waals surface area contributed by atoms with Crippen LogP contribution in [0.1, 0.15) is 11.1 Å². The van der Waals surface area contributed by atoms with Gasteiger partial charge in [-0.1, -0.05) is 12.1 Å². The molecule has 0 radical (unpaired) electrons. The average Bonchev–Trinajstić information content (AvgIpc) is 2.05. The van der Waals surface area contributed by atoms with Crippen molar-refractivity contribution in [1.82, 2.24) is 0 Å². The zero-order valence-corrected chi connectivity index (χ0v) is 6.77. The smallest absolute Gasteiger partial charge is 0.0991 e. The molecular formula is C8H9ClN2. The van der Waals surface area contributed by atoms with Gasteiger partial charge in [-0.15, -0.1) is 12.4 Å². The molecule has 1 rings (SSSR count).